The third kappa shape index (κ3) is 4.16. The molecular formula is C10H16N2O4S3. The van der Waals surface area contributed by atoms with Gasteiger partial charge in [0.05, 0.1) is 12.6 Å². The molecule has 0 aliphatic carbocycles. The number of nitrogens with zero attached hydrogens (tertiary/aromatic N) is 1. The van der Waals surface area contributed by atoms with Gasteiger partial charge in [-0.1, -0.05) is 0 Å². The molecule has 0 spiro atoms. The molecule has 0 unspecified atom stereocenters. The van der Waals surface area contributed by atoms with E-state index >= 15 is 0 Å². The van der Waals surface area contributed by atoms with Crippen LogP contribution in [0, 0.1) is 0 Å². The summed E-state index contributed by atoms with van der Waals surface area (Å²) in [6.45, 7) is 4.11. The van der Waals surface area contributed by atoms with Crippen molar-refractivity contribution in [1.82, 2.24) is 9.71 Å². The highest BCUT2D eigenvalue weighted by Crippen LogP contribution is 2.23. The number of hydrogen-bond donors (Lipinski definition) is 1. The summed E-state index contributed by atoms with van der Waals surface area (Å²) in [5.74, 6) is -0.759. The average Bonchev–Trinajstić information content (AvgIpc) is 2.86. The van der Waals surface area contributed by atoms with E-state index in [1.807, 2.05) is 20.1 Å². The maximum absolute atomic E-state index is 12.1. The van der Waals surface area contributed by atoms with Gasteiger partial charge in [0.2, 0.25) is 0 Å². The third-order valence-corrected chi connectivity index (χ3v) is 6.42. The molecule has 1 rings (SSSR count). The lowest BCUT2D eigenvalue weighted by molar-refractivity contribution is 0.0590. The molecule has 0 aliphatic heterocycles. The number of nitrogens with one attached hydrogen (secondary N) is 1. The van der Waals surface area contributed by atoms with Crippen LogP contribution in [0.1, 0.15) is 24.3 Å². The SMILES string of the molecule is COC(=O)c1ncsc1S(=O)(=O)NCC(C)(C)SC. The molecule has 0 aromatic carbocycles. The lowest BCUT2D eigenvalue weighted by Gasteiger charge is -2.21. The van der Waals surface area contributed by atoms with Gasteiger partial charge in [-0.2, -0.15) is 11.8 Å². The molecule has 1 aromatic heterocycles. The molecule has 0 radical (unpaired) electrons. The summed E-state index contributed by atoms with van der Waals surface area (Å²) in [6.07, 6.45) is 1.90. The minimum atomic E-state index is -3.75. The molecule has 0 fully saturated rings. The number of aromatic nitrogens is 1. The summed E-state index contributed by atoms with van der Waals surface area (Å²) < 4.78 is 30.9. The second kappa shape index (κ2) is 6.21. The van der Waals surface area contributed by atoms with Crippen molar-refractivity contribution in [3.8, 4) is 0 Å². The van der Waals surface area contributed by atoms with Crippen molar-refractivity contribution >= 4 is 39.1 Å². The fourth-order valence-corrected chi connectivity index (χ4v) is 3.76. The van der Waals surface area contributed by atoms with E-state index in [9.17, 15) is 13.2 Å². The van der Waals surface area contributed by atoms with Gasteiger partial charge in [0, 0.05) is 11.3 Å². The van der Waals surface area contributed by atoms with Crippen LogP contribution in [0.25, 0.3) is 0 Å². The number of thiazole rings is 1. The summed E-state index contributed by atoms with van der Waals surface area (Å²) >= 11 is 2.44. The van der Waals surface area contributed by atoms with Crippen molar-refractivity contribution in [3.63, 3.8) is 0 Å². The third-order valence-electron chi connectivity index (χ3n) is 2.40. The Bertz CT molecular complexity index is 551. The Labute approximate surface area is 121 Å². The highest BCUT2D eigenvalue weighted by molar-refractivity contribution is 8.00. The summed E-state index contributed by atoms with van der Waals surface area (Å²) in [5, 5.41) is 0. The summed E-state index contributed by atoms with van der Waals surface area (Å²) in [4.78, 5) is 15.2. The fraction of sp³-hybridized carbons (Fsp3) is 0.600. The Morgan fingerprint density at radius 1 is 1.58 bits per heavy atom. The molecule has 0 aliphatic rings. The number of sulfonamides is 1. The van der Waals surface area contributed by atoms with E-state index in [2.05, 4.69) is 14.4 Å². The molecule has 6 nitrogen and oxygen atoms in total. The highest BCUT2D eigenvalue weighted by Gasteiger charge is 2.28. The van der Waals surface area contributed by atoms with E-state index in [0.717, 1.165) is 11.3 Å². The van der Waals surface area contributed by atoms with Crippen LogP contribution >= 0.6 is 23.1 Å². The van der Waals surface area contributed by atoms with Crippen molar-refractivity contribution < 1.29 is 17.9 Å². The van der Waals surface area contributed by atoms with E-state index in [4.69, 9.17) is 0 Å². The predicted octanol–water partition coefficient (Wildman–Crippen LogP) is 1.35. The van der Waals surface area contributed by atoms with Crippen LogP contribution in [0.15, 0.2) is 9.72 Å². The molecule has 0 amide bonds. The standard InChI is InChI=1S/C10H16N2O4S3/c1-10(2,17-4)5-12-19(14,15)9-7(8(13)16-3)11-6-18-9/h6,12H,5H2,1-4H3. The van der Waals surface area contributed by atoms with Crippen molar-refractivity contribution in [3.05, 3.63) is 11.2 Å². The van der Waals surface area contributed by atoms with E-state index in [1.54, 1.807) is 11.8 Å². The van der Waals surface area contributed by atoms with Gasteiger partial charge in [-0.25, -0.2) is 22.9 Å². The van der Waals surface area contributed by atoms with Gasteiger partial charge < -0.3 is 4.74 Å². The molecule has 0 saturated heterocycles. The largest absolute Gasteiger partial charge is 0.464 e. The Morgan fingerprint density at radius 3 is 2.74 bits per heavy atom. The zero-order valence-electron chi connectivity index (χ0n) is 11.1. The molecule has 0 atom stereocenters. The van der Waals surface area contributed by atoms with Gasteiger partial charge in [-0.15, -0.1) is 11.3 Å². The van der Waals surface area contributed by atoms with Crippen molar-refractivity contribution in [2.75, 3.05) is 19.9 Å². The summed E-state index contributed by atoms with van der Waals surface area (Å²) in [7, 11) is -2.57. The molecule has 108 valence electrons. The van der Waals surface area contributed by atoms with Gasteiger partial charge in [0.1, 0.15) is 0 Å². The highest BCUT2D eigenvalue weighted by atomic mass is 32.2. The first-order valence-corrected chi connectivity index (χ1v) is 8.89. The number of thioether (sulfide) groups is 1. The molecule has 0 bridgehead atoms. The monoisotopic (exact) mass is 324 g/mol. The van der Waals surface area contributed by atoms with Crippen LogP contribution in [0.5, 0.6) is 0 Å². The van der Waals surface area contributed by atoms with E-state index < -0.39 is 16.0 Å². The van der Waals surface area contributed by atoms with Crippen molar-refractivity contribution in [1.29, 1.82) is 0 Å². The van der Waals surface area contributed by atoms with Gasteiger partial charge >= 0.3 is 5.97 Å². The summed E-state index contributed by atoms with van der Waals surface area (Å²) in [5.41, 5.74) is 1.13. The van der Waals surface area contributed by atoms with Crippen LogP contribution in [0.2, 0.25) is 0 Å². The maximum Gasteiger partial charge on any atom is 0.358 e. The first-order valence-electron chi connectivity index (χ1n) is 5.30. The van der Waals surface area contributed by atoms with Crippen LogP contribution in [0.4, 0.5) is 0 Å². The van der Waals surface area contributed by atoms with Gasteiger partial charge in [0.15, 0.2) is 9.90 Å². The maximum atomic E-state index is 12.1. The quantitative estimate of drug-likeness (QED) is 0.795. The summed E-state index contributed by atoms with van der Waals surface area (Å²) in [6, 6.07) is 0. The van der Waals surface area contributed by atoms with Crippen LogP contribution in [-0.4, -0.2) is 44.0 Å². The molecule has 1 aromatic rings. The molecule has 0 saturated carbocycles. The topological polar surface area (TPSA) is 85.4 Å². The minimum Gasteiger partial charge on any atom is -0.464 e. The second-order valence-corrected chi connectivity index (χ2v) is 8.60. The Balaban J connectivity index is 2.96. The lowest BCUT2D eigenvalue weighted by Crippen LogP contribution is -2.36. The molecule has 1 heterocycles. The number of ether oxygens (including phenoxy) is 1. The number of carbonyl (C=O) groups is 1. The Kier molecular flexibility index (Phi) is 5.36. The van der Waals surface area contributed by atoms with Crippen LogP contribution < -0.4 is 4.72 Å². The van der Waals surface area contributed by atoms with Gasteiger partial charge in [-0.05, 0) is 20.1 Å². The molecule has 19 heavy (non-hydrogen) atoms. The fourth-order valence-electron chi connectivity index (χ4n) is 1.07. The predicted molar refractivity (Wildman–Crippen MR) is 76.2 cm³/mol. The molecule has 1 N–H and O–H groups in total. The minimum absolute atomic E-state index is 0.115. The van der Waals surface area contributed by atoms with Crippen LogP contribution in [-0.2, 0) is 14.8 Å². The lowest BCUT2D eigenvalue weighted by atomic mass is 10.2. The molecule has 9 heteroatoms. The second-order valence-electron chi connectivity index (χ2n) is 4.27. The van der Waals surface area contributed by atoms with Gasteiger partial charge in [-0.3, -0.25) is 0 Å². The first kappa shape index (κ1) is 16.4. The Morgan fingerprint density at radius 2 is 2.21 bits per heavy atom. The van der Waals surface area contributed by atoms with Crippen molar-refractivity contribution in [2.45, 2.75) is 22.8 Å². The average molecular weight is 324 g/mol. The number of rotatable bonds is 6. The normalized spacial score (nSPS) is 12.4. The molecular weight excluding hydrogens is 308 g/mol. The smallest absolute Gasteiger partial charge is 0.358 e. The Hall–Kier alpha value is -0.640. The van der Waals surface area contributed by atoms with E-state index in [1.165, 1.54) is 12.6 Å². The zero-order valence-corrected chi connectivity index (χ0v) is 13.5. The van der Waals surface area contributed by atoms with E-state index in [-0.39, 0.29) is 21.2 Å². The van der Waals surface area contributed by atoms with E-state index in [0.29, 0.717) is 0 Å². The van der Waals surface area contributed by atoms with Crippen molar-refractivity contribution in [2.24, 2.45) is 0 Å². The number of esters is 1. The number of methoxy groups -OCH3 is 1. The van der Waals surface area contributed by atoms with Gasteiger partial charge in [0.25, 0.3) is 10.0 Å². The number of carbonyl (C=O) groups excluding carboxylic acids is 1. The first-order chi connectivity index (χ1) is 8.73. The van der Waals surface area contributed by atoms with Crippen LogP contribution in [0.3, 0.4) is 0 Å². The number of hydrogen-bond acceptors (Lipinski definition) is 7. The zero-order chi connectivity index (χ0) is 14.7.